The van der Waals surface area contributed by atoms with Crippen LogP contribution in [-0.4, -0.2) is 16.7 Å². The van der Waals surface area contributed by atoms with Gasteiger partial charge in [-0.3, -0.25) is 0 Å². The summed E-state index contributed by atoms with van der Waals surface area (Å²) >= 11 is 3.48. The van der Waals surface area contributed by atoms with E-state index in [0.717, 1.165) is 16.7 Å². The van der Waals surface area contributed by atoms with E-state index in [4.69, 9.17) is 4.42 Å². The van der Waals surface area contributed by atoms with Crippen molar-refractivity contribution in [3.05, 3.63) is 34.1 Å². The molecular weight excluding hydrogens is 296 g/mol. The number of aryl methyl sites for hydroxylation is 1. The summed E-state index contributed by atoms with van der Waals surface area (Å²) in [5.41, 5.74) is 2.09. The molecule has 2 N–H and O–H groups in total. The SMILES string of the molecule is CCNCc1nnc(Nc2ccc(C)c(Br)c2)o1. The van der Waals surface area contributed by atoms with Crippen molar-refractivity contribution in [2.24, 2.45) is 0 Å². The summed E-state index contributed by atoms with van der Waals surface area (Å²) in [4.78, 5) is 0. The van der Waals surface area contributed by atoms with Crippen LogP contribution in [0.1, 0.15) is 18.4 Å². The van der Waals surface area contributed by atoms with Gasteiger partial charge in [0.05, 0.1) is 6.54 Å². The highest BCUT2D eigenvalue weighted by Crippen LogP contribution is 2.23. The molecule has 2 aromatic rings. The number of halogens is 1. The lowest BCUT2D eigenvalue weighted by atomic mass is 10.2. The molecule has 0 saturated heterocycles. The minimum atomic E-state index is 0.402. The Kier molecular flexibility index (Phi) is 4.33. The van der Waals surface area contributed by atoms with E-state index in [0.29, 0.717) is 18.5 Å². The number of hydrogen-bond acceptors (Lipinski definition) is 5. The van der Waals surface area contributed by atoms with E-state index < -0.39 is 0 Å². The number of hydrogen-bond donors (Lipinski definition) is 2. The maximum Gasteiger partial charge on any atom is 0.320 e. The average molecular weight is 311 g/mol. The van der Waals surface area contributed by atoms with E-state index in [-0.39, 0.29) is 0 Å². The lowest BCUT2D eigenvalue weighted by Gasteiger charge is -2.03. The number of benzene rings is 1. The molecule has 0 aliphatic carbocycles. The lowest BCUT2D eigenvalue weighted by molar-refractivity contribution is 0.484. The number of nitrogens with zero attached hydrogens (tertiary/aromatic N) is 2. The molecule has 0 atom stereocenters. The van der Waals surface area contributed by atoms with Gasteiger partial charge < -0.3 is 15.1 Å². The van der Waals surface area contributed by atoms with Gasteiger partial charge in [0.25, 0.3) is 0 Å². The molecule has 0 amide bonds. The van der Waals surface area contributed by atoms with E-state index in [1.54, 1.807) is 0 Å². The molecule has 0 radical (unpaired) electrons. The summed E-state index contributed by atoms with van der Waals surface area (Å²) in [6.07, 6.45) is 0. The molecule has 0 saturated carbocycles. The van der Waals surface area contributed by atoms with Gasteiger partial charge >= 0.3 is 6.01 Å². The van der Waals surface area contributed by atoms with E-state index in [1.165, 1.54) is 5.56 Å². The van der Waals surface area contributed by atoms with Crippen molar-refractivity contribution in [3.8, 4) is 0 Å². The monoisotopic (exact) mass is 310 g/mol. The molecule has 0 aliphatic heterocycles. The van der Waals surface area contributed by atoms with Crippen molar-refractivity contribution in [2.75, 3.05) is 11.9 Å². The molecule has 2 rings (SSSR count). The van der Waals surface area contributed by atoms with E-state index in [9.17, 15) is 0 Å². The normalized spacial score (nSPS) is 10.6. The van der Waals surface area contributed by atoms with Gasteiger partial charge in [0.1, 0.15) is 0 Å². The molecule has 6 heteroatoms. The third-order valence-corrected chi connectivity index (χ3v) is 3.27. The average Bonchev–Trinajstić information content (AvgIpc) is 2.79. The second-order valence-corrected chi connectivity index (χ2v) is 4.72. The second-order valence-electron chi connectivity index (χ2n) is 3.87. The van der Waals surface area contributed by atoms with E-state index in [1.807, 2.05) is 32.0 Å². The Labute approximate surface area is 114 Å². The maximum atomic E-state index is 5.45. The molecule has 1 heterocycles. The standard InChI is InChI=1S/C12H15BrN4O/c1-3-14-7-11-16-17-12(18-11)15-9-5-4-8(2)10(13)6-9/h4-6,14H,3,7H2,1-2H3,(H,15,17). The van der Waals surface area contributed by atoms with Crippen LogP contribution in [0.25, 0.3) is 0 Å². The Morgan fingerprint density at radius 1 is 1.33 bits per heavy atom. The van der Waals surface area contributed by atoms with E-state index in [2.05, 4.69) is 36.8 Å². The van der Waals surface area contributed by atoms with E-state index >= 15 is 0 Å². The van der Waals surface area contributed by atoms with Crippen LogP contribution in [0, 0.1) is 6.92 Å². The number of nitrogens with one attached hydrogen (secondary N) is 2. The van der Waals surface area contributed by atoms with Crippen LogP contribution >= 0.6 is 15.9 Å². The summed E-state index contributed by atoms with van der Waals surface area (Å²) in [6.45, 7) is 5.52. The van der Waals surface area contributed by atoms with Crippen molar-refractivity contribution in [1.82, 2.24) is 15.5 Å². The molecule has 0 aliphatic rings. The maximum absolute atomic E-state index is 5.45. The molecule has 96 valence electrons. The first-order valence-electron chi connectivity index (χ1n) is 5.75. The zero-order valence-corrected chi connectivity index (χ0v) is 11.9. The Hall–Kier alpha value is -1.40. The minimum absolute atomic E-state index is 0.402. The fraction of sp³-hybridized carbons (Fsp3) is 0.333. The first-order chi connectivity index (χ1) is 8.69. The van der Waals surface area contributed by atoms with Crippen LogP contribution in [0.2, 0.25) is 0 Å². The van der Waals surface area contributed by atoms with Crippen molar-refractivity contribution in [1.29, 1.82) is 0 Å². The van der Waals surface area contributed by atoms with Crippen LogP contribution in [0.4, 0.5) is 11.7 Å². The molecule has 0 unspecified atom stereocenters. The summed E-state index contributed by atoms with van der Waals surface area (Å²) < 4.78 is 6.49. The Bertz CT molecular complexity index is 527. The minimum Gasteiger partial charge on any atom is -0.406 e. The van der Waals surface area contributed by atoms with Crippen molar-refractivity contribution in [3.63, 3.8) is 0 Å². The second kappa shape index (κ2) is 5.97. The number of aromatic nitrogens is 2. The number of anilines is 2. The Balaban J connectivity index is 2.04. The fourth-order valence-corrected chi connectivity index (χ4v) is 1.78. The highest BCUT2D eigenvalue weighted by Gasteiger charge is 2.06. The molecule has 0 spiro atoms. The molecule has 5 nitrogen and oxygen atoms in total. The largest absolute Gasteiger partial charge is 0.406 e. The van der Waals surface area contributed by atoms with Crippen LogP contribution in [-0.2, 0) is 6.54 Å². The Morgan fingerprint density at radius 3 is 2.89 bits per heavy atom. The zero-order valence-electron chi connectivity index (χ0n) is 10.3. The van der Waals surface area contributed by atoms with Gasteiger partial charge in [0.15, 0.2) is 0 Å². The smallest absolute Gasteiger partial charge is 0.320 e. The molecule has 1 aromatic heterocycles. The zero-order chi connectivity index (χ0) is 13.0. The molecular formula is C12H15BrN4O. The van der Waals surface area contributed by atoms with Crippen LogP contribution < -0.4 is 10.6 Å². The van der Waals surface area contributed by atoms with Gasteiger partial charge in [-0.2, -0.15) is 0 Å². The molecule has 1 aromatic carbocycles. The van der Waals surface area contributed by atoms with Crippen molar-refractivity contribution < 1.29 is 4.42 Å². The third kappa shape index (κ3) is 3.30. The van der Waals surface area contributed by atoms with Crippen molar-refractivity contribution >= 4 is 27.6 Å². The summed E-state index contributed by atoms with van der Waals surface area (Å²) in [5.74, 6) is 0.575. The van der Waals surface area contributed by atoms with Crippen LogP contribution in [0.5, 0.6) is 0 Å². The summed E-state index contributed by atoms with van der Waals surface area (Å²) in [5, 5.41) is 14.1. The van der Waals surface area contributed by atoms with Gasteiger partial charge in [-0.25, -0.2) is 0 Å². The third-order valence-electron chi connectivity index (χ3n) is 2.42. The van der Waals surface area contributed by atoms with Crippen LogP contribution in [0.15, 0.2) is 27.1 Å². The van der Waals surface area contributed by atoms with Gasteiger partial charge in [0.2, 0.25) is 5.89 Å². The van der Waals surface area contributed by atoms with Gasteiger partial charge in [-0.1, -0.05) is 34.0 Å². The molecule has 18 heavy (non-hydrogen) atoms. The van der Waals surface area contributed by atoms with Gasteiger partial charge in [0, 0.05) is 10.2 Å². The Morgan fingerprint density at radius 2 is 2.17 bits per heavy atom. The predicted octanol–water partition coefficient (Wildman–Crippen LogP) is 2.99. The molecule has 0 bridgehead atoms. The molecule has 0 fully saturated rings. The van der Waals surface area contributed by atoms with Crippen LogP contribution in [0.3, 0.4) is 0 Å². The topological polar surface area (TPSA) is 63.0 Å². The highest BCUT2D eigenvalue weighted by atomic mass is 79.9. The van der Waals surface area contributed by atoms with Crippen molar-refractivity contribution in [2.45, 2.75) is 20.4 Å². The van der Waals surface area contributed by atoms with Gasteiger partial charge in [-0.05, 0) is 31.2 Å². The predicted molar refractivity (Wildman–Crippen MR) is 73.8 cm³/mol. The number of rotatable bonds is 5. The van der Waals surface area contributed by atoms with Gasteiger partial charge in [-0.15, -0.1) is 5.10 Å². The first-order valence-corrected chi connectivity index (χ1v) is 6.54. The summed E-state index contributed by atoms with van der Waals surface area (Å²) in [6, 6.07) is 6.36. The lowest BCUT2D eigenvalue weighted by Crippen LogP contribution is -2.11. The highest BCUT2D eigenvalue weighted by molar-refractivity contribution is 9.10. The summed E-state index contributed by atoms with van der Waals surface area (Å²) in [7, 11) is 0. The first kappa shape index (κ1) is 13.0. The fourth-order valence-electron chi connectivity index (χ4n) is 1.40. The quantitative estimate of drug-likeness (QED) is 0.889.